The van der Waals surface area contributed by atoms with Crippen molar-refractivity contribution in [1.29, 1.82) is 0 Å². The van der Waals surface area contributed by atoms with E-state index in [-0.39, 0.29) is 24.1 Å². The van der Waals surface area contributed by atoms with Crippen molar-refractivity contribution < 1.29 is 17.9 Å². The van der Waals surface area contributed by atoms with E-state index in [1.807, 2.05) is 12.1 Å². The van der Waals surface area contributed by atoms with E-state index in [4.69, 9.17) is 27.9 Å². The van der Waals surface area contributed by atoms with Gasteiger partial charge in [0, 0.05) is 49.3 Å². The number of nitrogens with zero attached hydrogens (tertiary/aromatic N) is 2. The number of morpholine rings is 1. The third-order valence-corrected chi connectivity index (χ3v) is 8.85. The van der Waals surface area contributed by atoms with Crippen LogP contribution in [0.1, 0.15) is 29.5 Å². The van der Waals surface area contributed by atoms with Gasteiger partial charge in [-0.05, 0) is 41.7 Å². The molecule has 4 rings (SSSR count). The lowest BCUT2D eigenvalue weighted by atomic mass is 9.98. The van der Waals surface area contributed by atoms with Crippen LogP contribution >= 0.6 is 23.2 Å². The monoisotopic (exact) mass is 539 g/mol. The van der Waals surface area contributed by atoms with Gasteiger partial charge < -0.3 is 10.1 Å². The third-order valence-electron chi connectivity index (χ3n) is 6.47. The molecule has 2 heterocycles. The molecule has 0 unspecified atom stereocenters. The standard InChI is InChI=1S/C25H31Cl2N3O4S/c26-23-7-6-22(24(27)14-23)18-35(32,33)30-8-2-5-21(17-30)25(31)28-15-19-3-1-4-20(13-19)16-29-9-11-34-12-10-29/h1,3-4,6-7,13-14,21H,2,5,8-12,15-18H2,(H,28,31)/t21-/m0/s1. The number of halogens is 2. The van der Waals surface area contributed by atoms with Crippen LogP contribution in [0, 0.1) is 5.92 Å². The molecule has 2 saturated heterocycles. The molecule has 10 heteroatoms. The van der Waals surface area contributed by atoms with Gasteiger partial charge in [0.25, 0.3) is 0 Å². The smallest absolute Gasteiger partial charge is 0.224 e. The summed E-state index contributed by atoms with van der Waals surface area (Å²) in [5, 5.41) is 3.79. The maximum Gasteiger partial charge on any atom is 0.224 e. The van der Waals surface area contributed by atoms with Gasteiger partial charge in [0.2, 0.25) is 15.9 Å². The van der Waals surface area contributed by atoms with Crippen LogP contribution < -0.4 is 5.32 Å². The predicted octanol–water partition coefficient (Wildman–Crippen LogP) is 3.68. The maximum atomic E-state index is 13.0. The fourth-order valence-corrected chi connectivity index (χ4v) is 6.72. The van der Waals surface area contributed by atoms with Crippen LogP contribution in [-0.2, 0) is 38.4 Å². The van der Waals surface area contributed by atoms with Gasteiger partial charge in [0.15, 0.2) is 0 Å². The Bertz CT molecular complexity index is 1140. The molecule has 2 aromatic rings. The molecule has 0 bridgehead atoms. The second kappa shape index (κ2) is 12.0. The zero-order chi connectivity index (χ0) is 24.8. The Labute approximate surface area is 217 Å². The zero-order valence-corrected chi connectivity index (χ0v) is 21.9. The Balaban J connectivity index is 1.31. The van der Waals surface area contributed by atoms with E-state index in [0.717, 1.165) is 38.4 Å². The van der Waals surface area contributed by atoms with E-state index in [2.05, 4.69) is 22.3 Å². The van der Waals surface area contributed by atoms with E-state index >= 15 is 0 Å². The molecule has 0 aliphatic carbocycles. The SMILES string of the molecule is O=C(NCc1cccc(CN2CCOCC2)c1)[C@H]1CCCN(S(=O)(=O)Cc2ccc(Cl)cc2Cl)C1. The zero-order valence-electron chi connectivity index (χ0n) is 19.6. The van der Waals surface area contributed by atoms with Crippen LogP contribution in [0.5, 0.6) is 0 Å². The number of carbonyl (C=O) groups excluding carboxylic acids is 1. The molecule has 0 saturated carbocycles. The van der Waals surface area contributed by atoms with Crippen molar-refractivity contribution in [3.05, 3.63) is 69.2 Å². The van der Waals surface area contributed by atoms with Gasteiger partial charge in [0.05, 0.1) is 24.9 Å². The lowest BCUT2D eigenvalue weighted by Crippen LogP contribution is -2.45. The quantitative estimate of drug-likeness (QED) is 0.553. The van der Waals surface area contributed by atoms with Crippen molar-refractivity contribution in [2.45, 2.75) is 31.7 Å². The fraction of sp³-hybridized carbons (Fsp3) is 0.480. The minimum Gasteiger partial charge on any atom is -0.379 e. The minimum atomic E-state index is -3.61. The first-order valence-electron chi connectivity index (χ1n) is 11.9. The van der Waals surface area contributed by atoms with Crippen molar-refractivity contribution in [2.75, 3.05) is 39.4 Å². The Morgan fingerprint density at radius 2 is 1.83 bits per heavy atom. The van der Waals surface area contributed by atoms with Crippen molar-refractivity contribution in [3.63, 3.8) is 0 Å². The van der Waals surface area contributed by atoms with Crippen LogP contribution in [0.15, 0.2) is 42.5 Å². The molecule has 0 radical (unpaired) electrons. The molecule has 0 spiro atoms. The highest BCUT2D eigenvalue weighted by atomic mass is 35.5. The number of ether oxygens (including phenoxy) is 1. The van der Waals surface area contributed by atoms with Crippen LogP contribution in [0.2, 0.25) is 10.0 Å². The van der Waals surface area contributed by atoms with Crippen LogP contribution in [-0.4, -0.2) is 62.9 Å². The van der Waals surface area contributed by atoms with Crippen LogP contribution in [0.3, 0.4) is 0 Å². The highest BCUT2D eigenvalue weighted by Gasteiger charge is 2.32. The van der Waals surface area contributed by atoms with E-state index in [9.17, 15) is 13.2 Å². The molecular formula is C25H31Cl2N3O4S. The number of nitrogens with one attached hydrogen (secondary N) is 1. The third kappa shape index (κ3) is 7.41. The fourth-order valence-electron chi connectivity index (χ4n) is 4.52. The first-order chi connectivity index (χ1) is 16.8. The largest absolute Gasteiger partial charge is 0.379 e. The normalized spacial score (nSPS) is 20.0. The number of sulfonamides is 1. The number of piperidine rings is 1. The summed E-state index contributed by atoms with van der Waals surface area (Å²) in [6.45, 7) is 5.22. The maximum absolute atomic E-state index is 13.0. The van der Waals surface area contributed by atoms with Gasteiger partial charge in [-0.2, -0.15) is 0 Å². The van der Waals surface area contributed by atoms with Gasteiger partial charge in [-0.15, -0.1) is 0 Å². The van der Waals surface area contributed by atoms with Gasteiger partial charge in [-0.25, -0.2) is 12.7 Å². The molecule has 190 valence electrons. The molecule has 1 N–H and O–H groups in total. The predicted molar refractivity (Wildman–Crippen MR) is 138 cm³/mol. The molecule has 2 aromatic carbocycles. The van der Waals surface area contributed by atoms with E-state index < -0.39 is 10.0 Å². The molecule has 2 aliphatic rings. The Kier molecular flexibility index (Phi) is 9.07. The lowest BCUT2D eigenvalue weighted by Gasteiger charge is -2.31. The van der Waals surface area contributed by atoms with Gasteiger partial charge in [-0.3, -0.25) is 9.69 Å². The van der Waals surface area contributed by atoms with Gasteiger partial charge >= 0.3 is 0 Å². The summed E-state index contributed by atoms with van der Waals surface area (Å²) in [5.74, 6) is -0.712. The summed E-state index contributed by atoms with van der Waals surface area (Å²) in [6, 6.07) is 13.0. The average Bonchev–Trinajstić information content (AvgIpc) is 2.85. The molecule has 1 atom stereocenters. The number of benzene rings is 2. The molecule has 0 aromatic heterocycles. The number of hydrogen-bond donors (Lipinski definition) is 1. The van der Waals surface area contributed by atoms with E-state index in [1.54, 1.807) is 12.1 Å². The van der Waals surface area contributed by atoms with Crippen molar-refractivity contribution >= 4 is 39.1 Å². The first kappa shape index (κ1) is 26.4. The lowest BCUT2D eigenvalue weighted by molar-refractivity contribution is -0.126. The van der Waals surface area contributed by atoms with Crippen molar-refractivity contribution in [1.82, 2.24) is 14.5 Å². The second-order valence-electron chi connectivity index (χ2n) is 9.12. The van der Waals surface area contributed by atoms with Crippen LogP contribution in [0.25, 0.3) is 0 Å². The summed E-state index contributed by atoms with van der Waals surface area (Å²) >= 11 is 12.1. The summed E-state index contributed by atoms with van der Waals surface area (Å²) in [6.07, 6.45) is 1.30. The topological polar surface area (TPSA) is 79.0 Å². The average molecular weight is 541 g/mol. The summed E-state index contributed by atoms with van der Waals surface area (Å²) < 4.78 is 32.9. The Morgan fingerprint density at radius 3 is 2.60 bits per heavy atom. The summed E-state index contributed by atoms with van der Waals surface area (Å²) in [5.41, 5.74) is 2.73. The number of amides is 1. The molecule has 2 fully saturated rings. The molecular weight excluding hydrogens is 509 g/mol. The van der Waals surface area contributed by atoms with Crippen molar-refractivity contribution in [2.24, 2.45) is 5.92 Å². The highest BCUT2D eigenvalue weighted by molar-refractivity contribution is 7.88. The number of hydrogen-bond acceptors (Lipinski definition) is 5. The summed E-state index contributed by atoms with van der Waals surface area (Å²) in [7, 11) is -3.61. The number of carbonyl (C=O) groups is 1. The molecule has 2 aliphatic heterocycles. The molecule has 1 amide bonds. The van der Waals surface area contributed by atoms with Gasteiger partial charge in [0.1, 0.15) is 0 Å². The van der Waals surface area contributed by atoms with E-state index in [0.29, 0.717) is 41.5 Å². The second-order valence-corrected chi connectivity index (χ2v) is 11.9. The minimum absolute atomic E-state index is 0.118. The summed E-state index contributed by atoms with van der Waals surface area (Å²) in [4.78, 5) is 15.3. The Hall–Kier alpha value is -1.68. The highest BCUT2D eigenvalue weighted by Crippen LogP contribution is 2.26. The molecule has 7 nitrogen and oxygen atoms in total. The van der Waals surface area contributed by atoms with Crippen LogP contribution in [0.4, 0.5) is 0 Å². The number of rotatable bonds is 8. The van der Waals surface area contributed by atoms with E-state index in [1.165, 1.54) is 15.9 Å². The molecule has 35 heavy (non-hydrogen) atoms. The first-order valence-corrected chi connectivity index (χ1v) is 14.2. The van der Waals surface area contributed by atoms with Gasteiger partial charge in [-0.1, -0.05) is 53.5 Å². The Morgan fingerprint density at radius 1 is 1.06 bits per heavy atom. The van der Waals surface area contributed by atoms with Crippen molar-refractivity contribution in [3.8, 4) is 0 Å².